The molecular formula is C22H27N3O2. The van der Waals surface area contributed by atoms with Crippen molar-refractivity contribution in [3.05, 3.63) is 59.9 Å². The lowest BCUT2D eigenvalue weighted by atomic mass is 10.0. The molecule has 0 saturated carbocycles. The number of carbonyl (C=O) groups excluding carboxylic acids is 1. The van der Waals surface area contributed by atoms with Gasteiger partial charge in [0.1, 0.15) is 11.6 Å². The molecule has 142 valence electrons. The summed E-state index contributed by atoms with van der Waals surface area (Å²) in [4.78, 5) is 17.2. The molecule has 3 rings (SSSR count). The number of rotatable bonds is 8. The quantitative estimate of drug-likeness (QED) is 0.649. The fourth-order valence-corrected chi connectivity index (χ4v) is 3.42. The van der Waals surface area contributed by atoms with Gasteiger partial charge in [-0.2, -0.15) is 0 Å². The molecule has 0 spiro atoms. The average Bonchev–Trinajstić information content (AvgIpc) is 3.08. The van der Waals surface area contributed by atoms with Gasteiger partial charge in [0.2, 0.25) is 5.91 Å². The van der Waals surface area contributed by atoms with Crippen molar-refractivity contribution < 1.29 is 9.53 Å². The topological polar surface area (TPSA) is 56.2 Å². The van der Waals surface area contributed by atoms with Gasteiger partial charge in [-0.3, -0.25) is 4.79 Å². The van der Waals surface area contributed by atoms with Crippen LogP contribution in [0.3, 0.4) is 0 Å². The lowest BCUT2D eigenvalue weighted by Crippen LogP contribution is -2.28. The Hall–Kier alpha value is -2.82. The molecule has 2 aromatic carbocycles. The molecule has 0 fully saturated rings. The maximum atomic E-state index is 12.5. The number of aryl methyl sites for hydroxylation is 2. The van der Waals surface area contributed by atoms with Crippen molar-refractivity contribution in [3.8, 4) is 5.75 Å². The van der Waals surface area contributed by atoms with Crippen molar-refractivity contribution in [3.63, 3.8) is 0 Å². The summed E-state index contributed by atoms with van der Waals surface area (Å²) in [5.74, 6) is 1.83. The Morgan fingerprint density at radius 2 is 1.89 bits per heavy atom. The van der Waals surface area contributed by atoms with Gasteiger partial charge >= 0.3 is 0 Å². The summed E-state index contributed by atoms with van der Waals surface area (Å²) in [6.07, 6.45) is 1.90. The monoisotopic (exact) mass is 365 g/mol. The maximum Gasteiger partial charge on any atom is 0.220 e. The van der Waals surface area contributed by atoms with E-state index in [4.69, 9.17) is 9.72 Å². The first kappa shape index (κ1) is 19.0. The molecule has 0 saturated heterocycles. The number of nitrogens with zero attached hydrogens (tertiary/aromatic N) is 2. The lowest BCUT2D eigenvalue weighted by molar-refractivity contribution is -0.121. The van der Waals surface area contributed by atoms with Crippen LogP contribution in [0.5, 0.6) is 5.75 Å². The van der Waals surface area contributed by atoms with E-state index in [-0.39, 0.29) is 11.9 Å². The van der Waals surface area contributed by atoms with E-state index in [2.05, 4.69) is 29.8 Å². The normalized spacial score (nSPS) is 12.1. The van der Waals surface area contributed by atoms with Crippen LogP contribution in [0.2, 0.25) is 0 Å². The smallest absolute Gasteiger partial charge is 0.220 e. The molecule has 1 heterocycles. The van der Waals surface area contributed by atoms with E-state index in [0.29, 0.717) is 12.8 Å². The van der Waals surface area contributed by atoms with E-state index in [0.717, 1.165) is 41.1 Å². The van der Waals surface area contributed by atoms with Crippen molar-refractivity contribution in [2.75, 3.05) is 7.11 Å². The Balaban J connectivity index is 1.64. The van der Waals surface area contributed by atoms with Crippen molar-refractivity contribution in [1.29, 1.82) is 0 Å². The number of para-hydroxylation sites is 2. The van der Waals surface area contributed by atoms with E-state index in [1.807, 2.05) is 42.5 Å². The molecule has 1 aromatic heterocycles. The van der Waals surface area contributed by atoms with Gasteiger partial charge in [0.25, 0.3) is 0 Å². The van der Waals surface area contributed by atoms with E-state index >= 15 is 0 Å². The second kappa shape index (κ2) is 8.71. The number of aromatic nitrogens is 2. The molecule has 1 amide bonds. The molecular weight excluding hydrogens is 338 g/mol. The Morgan fingerprint density at radius 1 is 1.15 bits per heavy atom. The van der Waals surface area contributed by atoms with Crippen LogP contribution in [0.15, 0.2) is 48.5 Å². The van der Waals surface area contributed by atoms with Crippen molar-refractivity contribution in [2.45, 2.75) is 45.7 Å². The number of hydrogen-bond donors (Lipinski definition) is 1. The Morgan fingerprint density at radius 3 is 2.56 bits per heavy atom. The SMILES string of the molecule is CCC(NC(=O)CCc1nc2ccccc2n1CC)c1ccc(OC)cc1. The van der Waals surface area contributed by atoms with Crippen LogP contribution in [-0.2, 0) is 17.8 Å². The number of benzene rings is 2. The van der Waals surface area contributed by atoms with Crippen LogP contribution < -0.4 is 10.1 Å². The van der Waals surface area contributed by atoms with Gasteiger partial charge in [-0.05, 0) is 43.2 Å². The van der Waals surface area contributed by atoms with Crippen LogP contribution in [-0.4, -0.2) is 22.6 Å². The summed E-state index contributed by atoms with van der Waals surface area (Å²) in [6.45, 7) is 5.03. The first-order chi connectivity index (χ1) is 13.2. The van der Waals surface area contributed by atoms with Gasteiger partial charge in [0.05, 0.1) is 24.2 Å². The predicted molar refractivity (Wildman–Crippen MR) is 108 cm³/mol. The second-order valence-electron chi connectivity index (χ2n) is 6.56. The second-order valence-corrected chi connectivity index (χ2v) is 6.56. The predicted octanol–water partition coefficient (Wildman–Crippen LogP) is 4.26. The van der Waals surface area contributed by atoms with Gasteiger partial charge in [-0.25, -0.2) is 4.98 Å². The first-order valence-corrected chi connectivity index (χ1v) is 9.53. The van der Waals surface area contributed by atoms with Crippen molar-refractivity contribution in [1.82, 2.24) is 14.9 Å². The minimum atomic E-state index is 0.00778. The molecule has 3 aromatic rings. The molecule has 0 aliphatic carbocycles. The molecule has 5 nitrogen and oxygen atoms in total. The zero-order chi connectivity index (χ0) is 19.2. The minimum absolute atomic E-state index is 0.00778. The van der Waals surface area contributed by atoms with Gasteiger partial charge < -0.3 is 14.6 Å². The third-order valence-electron chi connectivity index (χ3n) is 4.89. The third-order valence-corrected chi connectivity index (χ3v) is 4.89. The largest absolute Gasteiger partial charge is 0.497 e. The van der Waals surface area contributed by atoms with Crippen LogP contribution in [0, 0.1) is 0 Å². The summed E-state index contributed by atoms with van der Waals surface area (Å²) in [5.41, 5.74) is 3.20. The van der Waals surface area contributed by atoms with E-state index in [9.17, 15) is 4.79 Å². The van der Waals surface area contributed by atoms with Crippen LogP contribution in [0.1, 0.15) is 44.1 Å². The first-order valence-electron chi connectivity index (χ1n) is 9.53. The third kappa shape index (κ3) is 4.30. The number of imidazole rings is 1. The standard InChI is InChI=1S/C22H27N3O2/c1-4-18(16-10-12-17(27-3)13-11-16)24-22(26)15-14-21-23-19-8-6-7-9-20(19)25(21)5-2/h6-13,18H,4-5,14-15H2,1-3H3,(H,24,26). The number of ether oxygens (including phenoxy) is 1. The fraction of sp³-hybridized carbons (Fsp3) is 0.364. The van der Waals surface area contributed by atoms with Crippen LogP contribution in [0.25, 0.3) is 11.0 Å². The molecule has 5 heteroatoms. The molecule has 1 unspecified atom stereocenters. The Bertz CT molecular complexity index is 900. The highest BCUT2D eigenvalue weighted by molar-refractivity contribution is 5.78. The molecule has 27 heavy (non-hydrogen) atoms. The zero-order valence-corrected chi connectivity index (χ0v) is 16.2. The highest BCUT2D eigenvalue weighted by atomic mass is 16.5. The van der Waals surface area contributed by atoms with Gasteiger partial charge in [0.15, 0.2) is 0 Å². The van der Waals surface area contributed by atoms with E-state index in [1.54, 1.807) is 7.11 Å². The fourth-order valence-electron chi connectivity index (χ4n) is 3.42. The average molecular weight is 365 g/mol. The molecule has 1 atom stereocenters. The number of amides is 1. The maximum absolute atomic E-state index is 12.5. The number of carbonyl (C=O) groups is 1. The lowest BCUT2D eigenvalue weighted by Gasteiger charge is -2.18. The number of hydrogen-bond acceptors (Lipinski definition) is 3. The van der Waals surface area contributed by atoms with E-state index in [1.165, 1.54) is 0 Å². The number of methoxy groups -OCH3 is 1. The molecule has 0 radical (unpaired) electrons. The van der Waals surface area contributed by atoms with Crippen molar-refractivity contribution in [2.24, 2.45) is 0 Å². The Kier molecular flexibility index (Phi) is 6.12. The van der Waals surface area contributed by atoms with Gasteiger partial charge in [-0.15, -0.1) is 0 Å². The highest BCUT2D eigenvalue weighted by Gasteiger charge is 2.15. The summed E-state index contributed by atoms with van der Waals surface area (Å²) in [6, 6.07) is 16.0. The number of nitrogens with one attached hydrogen (secondary N) is 1. The van der Waals surface area contributed by atoms with Gasteiger partial charge in [0, 0.05) is 19.4 Å². The minimum Gasteiger partial charge on any atom is -0.497 e. The summed E-state index contributed by atoms with van der Waals surface area (Å²) >= 11 is 0. The van der Waals surface area contributed by atoms with E-state index < -0.39 is 0 Å². The molecule has 0 aliphatic heterocycles. The molecule has 0 bridgehead atoms. The van der Waals surface area contributed by atoms with Crippen molar-refractivity contribution >= 4 is 16.9 Å². The molecule has 0 aliphatic rings. The Labute approximate surface area is 160 Å². The highest BCUT2D eigenvalue weighted by Crippen LogP contribution is 2.21. The summed E-state index contributed by atoms with van der Waals surface area (Å²) in [5, 5.41) is 3.15. The molecule has 1 N–H and O–H groups in total. The van der Waals surface area contributed by atoms with Crippen LogP contribution >= 0.6 is 0 Å². The zero-order valence-electron chi connectivity index (χ0n) is 16.2. The number of fused-ring (bicyclic) bond motifs is 1. The van der Waals surface area contributed by atoms with Crippen LogP contribution in [0.4, 0.5) is 0 Å². The summed E-state index contributed by atoms with van der Waals surface area (Å²) < 4.78 is 7.39. The van der Waals surface area contributed by atoms with Gasteiger partial charge in [-0.1, -0.05) is 31.2 Å². The summed E-state index contributed by atoms with van der Waals surface area (Å²) in [7, 11) is 1.65.